The molecule has 1 aromatic heterocycles. The fourth-order valence-electron chi connectivity index (χ4n) is 3.66. The molecule has 0 aliphatic rings. The van der Waals surface area contributed by atoms with Gasteiger partial charge in [0.15, 0.2) is 12.4 Å². The minimum atomic E-state index is -4.40. The summed E-state index contributed by atoms with van der Waals surface area (Å²) in [5, 5.41) is 9.52. The molecule has 170 valence electrons. The quantitative estimate of drug-likeness (QED) is 0.380. The molecule has 0 aliphatic heterocycles. The Morgan fingerprint density at radius 3 is 2.44 bits per heavy atom. The number of halogens is 3. The van der Waals surface area contributed by atoms with Crippen LogP contribution >= 0.6 is 11.3 Å². The number of aryl methyl sites for hydroxylation is 2. The van der Waals surface area contributed by atoms with Crippen molar-refractivity contribution in [2.24, 2.45) is 0 Å². The summed E-state index contributed by atoms with van der Waals surface area (Å²) in [6.07, 6.45) is -3.75. The topological polar surface area (TPSA) is 63.6 Å². The normalized spacial score (nSPS) is 11.8. The van der Waals surface area contributed by atoms with E-state index < -0.39 is 24.3 Å². The Morgan fingerprint density at radius 2 is 1.84 bits per heavy atom. The number of fused-ring (bicyclic) bond motifs is 1. The molecule has 0 amide bonds. The molecular formula is C24H23F3O4S. The lowest BCUT2D eigenvalue weighted by atomic mass is 9.96. The summed E-state index contributed by atoms with van der Waals surface area (Å²) in [5.74, 6) is -0.674. The van der Waals surface area contributed by atoms with Crippen molar-refractivity contribution in [3.63, 3.8) is 0 Å². The Bertz CT molecular complexity index is 1160. The fraction of sp³-hybridized carbons (Fsp3) is 0.333. The molecule has 3 rings (SSSR count). The molecule has 32 heavy (non-hydrogen) atoms. The minimum Gasteiger partial charge on any atom is -0.482 e. The molecule has 0 radical (unpaired) electrons. The summed E-state index contributed by atoms with van der Waals surface area (Å²) in [6, 6.07) is 8.63. The average Bonchev–Trinajstić information content (AvgIpc) is 3.08. The van der Waals surface area contributed by atoms with Gasteiger partial charge in [0.25, 0.3) is 0 Å². The highest BCUT2D eigenvalue weighted by Crippen LogP contribution is 2.40. The summed E-state index contributed by atoms with van der Waals surface area (Å²) in [7, 11) is 0. The molecule has 0 fully saturated rings. The molecule has 1 heterocycles. The van der Waals surface area contributed by atoms with Crippen LogP contribution in [0.3, 0.4) is 0 Å². The van der Waals surface area contributed by atoms with Gasteiger partial charge in [-0.25, -0.2) is 4.79 Å². The smallest absolute Gasteiger partial charge is 0.416 e. The lowest BCUT2D eigenvalue weighted by molar-refractivity contribution is -0.139. The van der Waals surface area contributed by atoms with Gasteiger partial charge in [0.1, 0.15) is 5.75 Å². The number of benzene rings is 2. The monoisotopic (exact) mass is 464 g/mol. The number of carbonyl (C=O) groups excluding carboxylic acids is 1. The third kappa shape index (κ3) is 5.30. The maximum absolute atomic E-state index is 13.1. The van der Waals surface area contributed by atoms with Crippen molar-refractivity contribution >= 4 is 33.2 Å². The first-order valence-electron chi connectivity index (χ1n) is 10.1. The van der Waals surface area contributed by atoms with Crippen molar-refractivity contribution in [3.05, 3.63) is 63.5 Å². The van der Waals surface area contributed by atoms with E-state index in [0.29, 0.717) is 28.0 Å². The van der Waals surface area contributed by atoms with Gasteiger partial charge in [0.05, 0.1) is 5.56 Å². The number of carbonyl (C=O) groups is 2. The van der Waals surface area contributed by atoms with Crippen LogP contribution in [-0.2, 0) is 17.4 Å². The van der Waals surface area contributed by atoms with Gasteiger partial charge in [-0.3, -0.25) is 4.79 Å². The van der Waals surface area contributed by atoms with Crippen molar-refractivity contribution in [2.75, 3.05) is 6.61 Å². The molecule has 0 spiro atoms. The number of thiophene rings is 1. The number of carboxylic acids is 1. The molecule has 0 saturated carbocycles. The van der Waals surface area contributed by atoms with Gasteiger partial charge >= 0.3 is 12.1 Å². The van der Waals surface area contributed by atoms with Crippen LogP contribution in [0, 0.1) is 6.92 Å². The molecule has 0 saturated heterocycles. The van der Waals surface area contributed by atoms with E-state index in [4.69, 9.17) is 9.84 Å². The van der Waals surface area contributed by atoms with E-state index in [0.717, 1.165) is 21.9 Å². The lowest BCUT2D eigenvalue weighted by Gasteiger charge is -2.10. The number of hydrogen-bond donors (Lipinski definition) is 1. The van der Waals surface area contributed by atoms with Gasteiger partial charge in [0.2, 0.25) is 0 Å². The van der Waals surface area contributed by atoms with Crippen LogP contribution in [0.4, 0.5) is 13.2 Å². The van der Waals surface area contributed by atoms with E-state index in [-0.39, 0.29) is 18.1 Å². The molecule has 2 aromatic carbocycles. The van der Waals surface area contributed by atoms with Gasteiger partial charge < -0.3 is 9.84 Å². The van der Waals surface area contributed by atoms with E-state index in [1.165, 1.54) is 23.5 Å². The minimum absolute atomic E-state index is 0.0963. The lowest BCUT2D eigenvalue weighted by Crippen LogP contribution is -2.10. The van der Waals surface area contributed by atoms with Crippen molar-refractivity contribution in [2.45, 2.75) is 45.7 Å². The fourth-order valence-corrected chi connectivity index (χ4v) is 5.06. The van der Waals surface area contributed by atoms with Crippen molar-refractivity contribution in [1.29, 1.82) is 0 Å². The Hall–Kier alpha value is -2.87. The van der Waals surface area contributed by atoms with Gasteiger partial charge in [-0.2, -0.15) is 13.2 Å². The number of carboxylic acid groups (broad SMARTS) is 1. The van der Waals surface area contributed by atoms with Gasteiger partial charge in [-0.1, -0.05) is 19.9 Å². The van der Waals surface area contributed by atoms with Crippen LogP contribution < -0.4 is 4.74 Å². The number of Topliss-reactive ketones (excluding diaryl/α,β-unsaturated/α-hetero) is 1. The summed E-state index contributed by atoms with van der Waals surface area (Å²) in [4.78, 5) is 24.3. The molecule has 0 aliphatic carbocycles. The molecular weight excluding hydrogens is 441 g/mol. The Morgan fingerprint density at radius 1 is 1.12 bits per heavy atom. The zero-order chi connectivity index (χ0) is 23.6. The Balaban J connectivity index is 1.80. The third-order valence-electron chi connectivity index (χ3n) is 5.14. The first-order valence-corrected chi connectivity index (χ1v) is 10.9. The van der Waals surface area contributed by atoms with Crippen LogP contribution in [0.1, 0.15) is 58.1 Å². The van der Waals surface area contributed by atoms with E-state index >= 15 is 0 Å². The van der Waals surface area contributed by atoms with Crippen LogP contribution in [0.2, 0.25) is 0 Å². The number of aliphatic carboxylic acids is 1. The molecule has 8 heteroatoms. The number of rotatable bonds is 8. The highest BCUT2D eigenvalue weighted by Gasteiger charge is 2.31. The zero-order valence-electron chi connectivity index (χ0n) is 17.9. The van der Waals surface area contributed by atoms with Crippen LogP contribution in [0.5, 0.6) is 5.75 Å². The summed E-state index contributed by atoms with van der Waals surface area (Å²) < 4.78 is 45.0. The molecule has 3 aromatic rings. The third-order valence-corrected chi connectivity index (χ3v) is 6.37. The summed E-state index contributed by atoms with van der Waals surface area (Å²) >= 11 is 1.31. The second-order valence-corrected chi connectivity index (χ2v) is 9.02. The molecule has 0 bridgehead atoms. The number of ether oxygens (including phenoxy) is 1. The first kappa shape index (κ1) is 23.8. The van der Waals surface area contributed by atoms with Crippen molar-refractivity contribution < 1.29 is 32.6 Å². The van der Waals surface area contributed by atoms with Crippen LogP contribution in [0.25, 0.3) is 10.1 Å². The second-order valence-electron chi connectivity index (χ2n) is 7.89. The predicted octanol–water partition coefficient (Wildman–Crippen LogP) is 6.63. The molecule has 4 nitrogen and oxygen atoms in total. The standard InChI is InChI=1S/C24H23F3O4S/c1-13(2)23-17-6-5-16(24(25,26)27)11-21(17)32-20(23)9-7-18(28)15-4-8-19(14(3)10-15)31-12-22(29)30/h4-6,8,10-11,13H,7,9,12H2,1-3H3,(H,29,30). The second kappa shape index (κ2) is 9.32. The largest absolute Gasteiger partial charge is 0.482 e. The molecule has 1 N–H and O–H groups in total. The molecule has 0 unspecified atom stereocenters. The SMILES string of the molecule is Cc1cc(C(=O)CCc2sc3cc(C(F)(F)F)ccc3c2C(C)C)ccc1OCC(=O)O. The Labute approximate surface area is 187 Å². The Kier molecular flexibility index (Phi) is 6.93. The first-order chi connectivity index (χ1) is 15.0. The summed E-state index contributed by atoms with van der Waals surface area (Å²) in [5.41, 5.74) is 1.45. The average molecular weight is 465 g/mol. The maximum Gasteiger partial charge on any atom is 0.416 e. The van der Waals surface area contributed by atoms with Crippen molar-refractivity contribution in [3.8, 4) is 5.75 Å². The van der Waals surface area contributed by atoms with Gasteiger partial charge in [-0.15, -0.1) is 11.3 Å². The van der Waals surface area contributed by atoms with Gasteiger partial charge in [-0.05, 0) is 66.1 Å². The number of hydrogen-bond acceptors (Lipinski definition) is 4. The molecule has 0 atom stereocenters. The predicted molar refractivity (Wildman–Crippen MR) is 118 cm³/mol. The summed E-state index contributed by atoms with van der Waals surface area (Å²) in [6.45, 7) is 5.25. The number of ketones is 1. The van der Waals surface area contributed by atoms with Crippen molar-refractivity contribution in [1.82, 2.24) is 0 Å². The van der Waals surface area contributed by atoms with E-state index in [9.17, 15) is 22.8 Å². The maximum atomic E-state index is 13.1. The van der Waals surface area contributed by atoms with E-state index in [1.54, 1.807) is 25.1 Å². The van der Waals surface area contributed by atoms with E-state index in [2.05, 4.69) is 0 Å². The van der Waals surface area contributed by atoms with E-state index in [1.807, 2.05) is 13.8 Å². The number of alkyl halides is 3. The van der Waals surface area contributed by atoms with Crippen LogP contribution in [0.15, 0.2) is 36.4 Å². The van der Waals surface area contributed by atoms with Crippen LogP contribution in [-0.4, -0.2) is 23.5 Å². The highest BCUT2D eigenvalue weighted by molar-refractivity contribution is 7.19. The highest BCUT2D eigenvalue weighted by atomic mass is 32.1. The zero-order valence-corrected chi connectivity index (χ0v) is 18.7. The van der Waals surface area contributed by atoms with Gasteiger partial charge in [0, 0.05) is 21.6 Å².